The normalized spacial score (nSPS) is 10.7. The van der Waals surface area contributed by atoms with Gasteiger partial charge < -0.3 is 19.3 Å². The number of rotatable bonds is 8. The van der Waals surface area contributed by atoms with Crippen LogP contribution >= 0.6 is 0 Å². The minimum atomic E-state index is -0.197. The Morgan fingerprint density at radius 3 is 2.88 bits per heavy atom. The van der Waals surface area contributed by atoms with Crippen molar-refractivity contribution in [2.24, 2.45) is 0 Å². The first-order valence-corrected chi connectivity index (χ1v) is 8.65. The van der Waals surface area contributed by atoms with E-state index in [1.54, 1.807) is 19.2 Å². The molecular formula is C20H22N2O4. The van der Waals surface area contributed by atoms with Crippen LogP contribution in [0.2, 0.25) is 0 Å². The Bertz CT molecular complexity index is 888. The Labute approximate surface area is 152 Å². The van der Waals surface area contributed by atoms with Crippen LogP contribution in [0.4, 0.5) is 5.69 Å². The van der Waals surface area contributed by atoms with E-state index < -0.39 is 0 Å². The van der Waals surface area contributed by atoms with E-state index in [1.165, 1.54) is 0 Å². The van der Waals surface area contributed by atoms with E-state index in [9.17, 15) is 4.79 Å². The summed E-state index contributed by atoms with van der Waals surface area (Å²) in [5.41, 5.74) is 1.85. The average Bonchev–Trinajstić information content (AvgIpc) is 3.06. The van der Waals surface area contributed by atoms with E-state index in [-0.39, 0.29) is 12.3 Å². The third-order valence-electron chi connectivity index (χ3n) is 4.00. The van der Waals surface area contributed by atoms with Gasteiger partial charge in [-0.3, -0.25) is 4.79 Å². The van der Waals surface area contributed by atoms with Gasteiger partial charge in [-0.25, -0.2) is 0 Å². The number of benzene rings is 2. The maximum absolute atomic E-state index is 12.5. The molecule has 0 aliphatic carbocycles. The van der Waals surface area contributed by atoms with E-state index in [0.717, 1.165) is 18.2 Å². The third kappa shape index (κ3) is 4.14. The molecule has 1 heterocycles. The summed E-state index contributed by atoms with van der Waals surface area (Å²) in [4.78, 5) is 12.5. The molecular weight excluding hydrogens is 332 g/mol. The second-order valence-electron chi connectivity index (χ2n) is 5.91. The van der Waals surface area contributed by atoms with Crippen LogP contribution in [0.25, 0.3) is 11.0 Å². The predicted molar refractivity (Wildman–Crippen MR) is 99.7 cm³/mol. The molecule has 26 heavy (non-hydrogen) atoms. The van der Waals surface area contributed by atoms with Gasteiger partial charge in [-0.1, -0.05) is 30.6 Å². The van der Waals surface area contributed by atoms with Crippen molar-refractivity contribution >= 4 is 22.6 Å². The number of ether oxygens (including phenoxy) is 2. The van der Waals surface area contributed by atoms with Crippen molar-refractivity contribution in [1.82, 2.24) is 5.16 Å². The number of carbonyl (C=O) groups excluding carboxylic acids is 1. The SMILES string of the molecule is CCCCOc1ccc(OC)cc1NC(=O)Cc1noc2ccccc12. The average molecular weight is 354 g/mol. The second kappa shape index (κ2) is 8.38. The van der Waals surface area contributed by atoms with Crippen LogP contribution in [0.1, 0.15) is 25.5 Å². The maximum atomic E-state index is 12.5. The minimum Gasteiger partial charge on any atom is -0.497 e. The van der Waals surface area contributed by atoms with E-state index in [1.807, 2.05) is 30.3 Å². The van der Waals surface area contributed by atoms with Crippen LogP contribution in [-0.2, 0) is 11.2 Å². The monoisotopic (exact) mass is 354 g/mol. The molecule has 6 heteroatoms. The van der Waals surface area contributed by atoms with Crippen molar-refractivity contribution in [3.05, 3.63) is 48.2 Å². The van der Waals surface area contributed by atoms with Gasteiger partial charge in [-0.05, 0) is 30.7 Å². The first-order chi connectivity index (χ1) is 12.7. The minimum absolute atomic E-state index is 0.114. The highest BCUT2D eigenvalue weighted by atomic mass is 16.5. The van der Waals surface area contributed by atoms with Crippen LogP contribution in [0.5, 0.6) is 11.5 Å². The second-order valence-corrected chi connectivity index (χ2v) is 5.91. The molecule has 0 aliphatic heterocycles. The van der Waals surface area contributed by atoms with Gasteiger partial charge in [-0.2, -0.15) is 0 Å². The van der Waals surface area contributed by atoms with Crippen LogP contribution in [0, 0.1) is 0 Å². The van der Waals surface area contributed by atoms with Crippen molar-refractivity contribution in [2.75, 3.05) is 19.0 Å². The zero-order chi connectivity index (χ0) is 18.4. The Kier molecular flexibility index (Phi) is 5.73. The van der Waals surface area contributed by atoms with Gasteiger partial charge in [0.15, 0.2) is 5.58 Å². The van der Waals surface area contributed by atoms with Crippen molar-refractivity contribution < 1.29 is 18.8 Å². The molecule has 1 N–H and O–H groups in total. The molecule has 0 aliphatic rings. The van der Waals surface area contributed by atoms with Gasteiger partial charge in [0.1, 0.15) is 17.2 Å². The Morgan fingerprint density at radius 2 is 2.08 bits per heavy atom. The number of nitrogens with zero attached hydrogens (tertiary/aromatic N) is 1. The number of hydrogen-bond acceptors (Lipinski definition) is 5. The summed E-state index contributed by atoms with van der Waals surface area (Å²) >= 11 is 0. The molecule has 0 spiro atoms. The summed E-state index contributed by atoms with van der Waals surface area (Å²) in [6, 6.07) is 12.8. The molecule has 3 aromatic rings. The fraction of sp³-hybridized carbons (Fsp3) is 0.300. The number of hydrogen-bond donors (Lipinski definition) is 1. The molecule has 0 radical (unpaired) electrons. The predicted octanol–water partition coefficient (Wildman–Crippen LogP) is 4.20. The lowest BCUT2D eigenvalue weighted by atomic mass is 10.1. The summed E-state index contributed by atoms with van der Waals surface area (Å²) in [5, 5.41) is 7.73. The summed E-state index contributed by atoms with van der Waals surface area (Å²) in [7, 11) is 1.58. The number of anilines is 1. The first kappa shape index (κ1) is 17.8. The van der Waals surface area contributed by atoms with Crippen molar-refractivity contribution in [3.63, 3.8) is 0 Å². The molecule has 3 rings (SSSR count). The molecule has 1 amide bonds. The van der Waals surface area contributed by atoms with Crippen LogP contribution < -0.4 is 14.8 Å². The van der Waals surface area contributed by atoms with Gasteiger partial charge in [0, 0.05) is 11.5 Å². The molecule has 2 aromatic carbocycles. The molecule has 0 bridgehead atoms. The van der Waals surface area contributed by atoms with Gasteiger partial charge in [0.2, 0.25) is 5.91 Å². The summed E-state index contributed by atoms with van der Waals surface area (Å²) in [5.74, 6) is 1.07. The van der Waals surface area contributed by atoms with Gasteiger partial charge in [0.05, 0.1) is 25.8 Å². The Morgan fingerprint density at radius 1 is 1.23 bits per heavy atom. The maximum Gasteiger partial charge on any atom is 0.230 e. The molecule has 1 aromatic heterocycles. The number of amides is 1. The lowest BCUT2D eigenvalue weighted by molar-refractivity contribution is -0.115. The van der Waals surface area contributed by atoms with Gasteiger partial charge >= 0.3 is 0 Å². The standard InChI is InChI=1S/C20H22N2O4/c1-3-4-11-25-19-10-9-14(24-2)12-17(19)21-20(23)13-16-15-7-5-6-8-18(15)26-22-16/h5-10,12H,3-4,11,13H2,1-2H3,(H,21,23). The number of unbranched alkanes of at least 4 members (excludes halogenated alkanes) is 1. The van der Waals surface area contributed by atoms with Crippen molar-refractivity contribution in [2.45, 2.75) is 26.2 Å². The van der Waals surface area contributed by atoms with Crippen LogP contribution in [-0.4, -0.2) is 24.8 Å². The number of nitrogens with one attached hydrogen (secondary N) is 1. The molecule has 6 nitrogen and oxygen atoms in total. The fourth-order valence-corrected chi connectivity index (χ4v) is 2.60. The number of carbonyl (C=O) groups is 1. The summed E-state index contributed by atoms with van der Waals surface area (Å²) in [6.45, 7) is 2.70. The number of methoxy groups -OCH3 is 1. The van der Waals surface area contributed by atoms with Crippen molar-refractivity contribution in [1.29, 1.82) is 0 Å². The fourth-order valence-electron chi connectivity index (χ4n) is 2.60. The molecule has 0 saturated heterocycles. The highest BCUT2D eigenvalue weighted by molar-refractivity contribution is 5.96. The Hall–Kier alpha value is -3.02. The van der Waals surface area contributed by atoms with Gasteiger partial charge in [-0.15, -0.1) is 0 Å². The smallest absolute Gasteiger partial charge is 0.230 e. The molecule has 136 valence electrons. The lowest BCUT2D eigenvalue weighted by Gasteiger charge is -2.13. The third-order valence-corrected chi connectivity index (χ3v) is 4.00. The van der Waals surface area contributed by atoms with E-state index in [0.29, 0.717) is 35.1 Å². The molecule has 0 unspecified atom stereocenters. The van der Waals surface area contributed by atoms with E-state index >= 15 is 0 Å². The Balaban J connectivity index is 1.75. The number of fused-ring (bicyclic) bond motifs is 1. The molecule has 0 fully saturated rings. The highest BCUT2D eigenvalue weighted by Gasteiger charge is 2.14. The highest BCUT2D eigenvalue weighted by Crippen LogP contribution is 2.30. The zero-order valence-corrected chi connectivity index (χ0v) is 15.0. The zero-order valence-electron chi connectivity index (χ0n) is 15.0. The van der Waals surface area contributed by atoms with Crippen LogP contribution in [0.3, 0.4) is 0 Å². The van der Waals surface area contributed by atoms with E-state index in [2.05, 4.69) is 17.4 Å². The molecule has 0 saturated carbocycles. The quantitative estimate of drug-likeness (QED) is 0.614. The van der Waals surface area contributed by atoms with Crippen LogP contribution in [0.15, 0.2) is 47.0 Å². The molecule has 0 atom stereocenters. The number of aromatic nitrogens is 1. The van der Waals surface area contributed by atoms with Gasteiger partial charge in [0.25, 0.3) is 0 Å². The number of para-hydroxylation sites is 1. The first-order valence-electron chi connectivity index (χ1n) is 8.65. The van der Waals surface area contributed by atoms with E-state index in [4.69, 9.17) is 14.0 Å². The lowest BCUT2D eigenvalue weighted by Crippen LogP contribution is -2.16. The topological polar surface area (TPSA) is 73.6 Å². The summed E-state index contributed by atoms with van der Waals surface area (Å²) in [6.07, 6.45) is 2.10. The largest absolute Gasteiger partial charge is 0.497 e. The van der Waals surface area contributed by atoms with Crippen molar-refractivity contribution in [3.8, 4) is 11.5 Å². The summed E-state index contributed by atoms with van der Waals surface area (Å²) < 4.78 is 16.3.